The van der Waals surface area contributed by atoms with Crippen LogP contribution < -0.4 is 0 Å². The molecule has 0 aromatic carbocycles. The Hall–Kier alpha value is -1.90. The van der Waals surface area contributed by atoms with Gasteiger partial charge in [-0.15, -0.1) is 13.2 Å². The predicted octanol–water partition coefficient (Wildman–Crippen LogP) is 4.62. The number of Topliss-reactive ketones (excluding diaryl/α,β-unsaturated/α-hetero) is 2. The van der Waals surface area contributed by atoms with E-state index in [4.69, 9.17) is 0 Å². The first-order valence-corrected chi connectivity index (χ1v) is 9.05. The monoisotopic (exact) mass is 341 g/mol. The highest BCUT2D eigenvalue weighted by Crippen LogP contribution is 2.43. The summed E-state index contributed by atoms with van der Waals surface area (Å²) in [6.45, 7) is 17.5. The molecule has 0 radical (unpaired) electrons. The minimum absolute atomic E-state index is 0.00328. The van der Waals surface area contributed by atoms with Gasteiger partial charge >= 0.3 is 0 Å². The standard InChI is InChI=1S/C22H31NO2/c1-7-9-23(10-8-2)17-11-16(12-21(3,4)13-17)20-18(24)14-22(5,6)15-19(20)25/h7-8,11H,1-2,9-10,12-15H2,3-6H3. The maximum Gasteiger partial charge on any atom is 0.167 e. The van der Waals surface area contributed by atoms with Crippen molar-refractivity contribution < 1.29 is 9.59 Å². The third-order valence-electron chi connectivity index (χ3n) is 4.93. The van der Waals surface area contributed by atoms with Crippen molar-refractivity contribution in [3.05, 3.63) is 48.2 Å². The fraction of sp³-hybridized carbons (Fsp3) is 0.545. The van der Waals surface area contributed by atoms with Gasteiger partial charge in [0.25, 0.3) is 0 Å². The van der Waals surface area contributed by atoms with Crippen LogP contribution in [0.4, 0.5) is 0 Å². The molecule has 0 N–H and O–H groups in total. The second-order valence-electron chi connectivity index (χ2n) is 8.90. The Labute approximate surface area is 152 Å². The lowest BCUT2D eigenvalue weighted by Gasteiger charge is -2.38. The van der Waals surface area contributed by atoms with Gasteiger partial charge in [0, 0.05) is 31.6 Å². The molecule has 0 aromatic heterocycles. The molecular weight excluding hydrogens is 310 g/mol. The molecule has 0 aliphatic heterocycles. The molecule has 2 aliphatic rings. The number of ketones is 2. The fourth-order valence-corrected chi connectivity index (χ4v) is 3.98. The summed E-state index contributed by atoms with van der Waals surface area (Å²) >= 11 is 0. The van der Waals surface area contributed by atoms with E-state index in [0.717, 1.165) is 37.2 Å². The molecule has 2 aliphatic carbocycles. The zero-order valence-corrected chi connectivity index (χ0v) is 16.2. The van der Waals surface area contributed by atoms with Crippen LogP contribution in [-0.4, -0.2) is 29.6 Å². The van der Waals surface area contributed by atoms with Gasteiger partial charge in [0.15, 0.2) is 11.6 Å². The fourth-order valence-electron chi connectivity index (χ4n) is 3.98. The SMILES string of the molecule is C=CCN(CC=C)C1=CC(=C2C(=O)CC(C)(C)CC2=O)CC(C)(C)C1. The van der Waals surface area contributed by atoms with Gasteiger partial charge in [0.05, 0.1) is 5.57 Å². The molecule has 1 saturated carbocycles. The van der Waals surface area contributed by atoms with Crippen molar-refractivity contribution in [2.75, 3.05) is 13.1 Å². The largest absolute Gasteiger partial charge is 0.367 e. The van der Waals surface area contributed by atoms with Crippen molar-refractivity contribution >= 4 is 11.6 Å². The van der Waals surface area contributed by atoms with E-state index in [1.54, 1.807) is 0 Å². The lowest BCUT2D eigenvalue weighted by Crippen LogP contribution is -2.34. The van der Waals surface area contributed by atoms with Crippen molar-refractivity contribution in [3.63, 3.8) is 0 Å². The average molecular weight is 341 g/mol. The van der Waals surface area contributed by atoms with Gasteiger partial charge in [-0.25, -0.2) is 0 Å². The van der Waals surface area contributed by atoms with Crippen molar-refractivity contribution in [2.45, 2.75) is 53.4 Å². The first-order valence-electron chi connectivity index (χ1n) is 9.05. The molecule has 1 fully saturated rings. The summed E-state index contributed by atoms with van der Waals surface area (Å²) in [4.78, 5) is 27.6. The molecule has 136 valence electrons. The zero-order valence-electron chi connectivity index (χ0n) is 16.2. The van der Waals surface area contributed by atoms with Gasteiger partial charge in [-0.2, -0.15) is 0 Å². The number of nitrogens with zero attached hydrogens (tertiary/aromatic N) is 1. The van der Waals surface area contributed by atoms with Gasteiger partial charge in [-0.05, 0) is 35.3 Å². The topological polar surface area (TPSA) is 37.4 Å². The maximum absolute atomic E-state index is 12.7. The second-order valence-corrected chi connectivity index (χ2v) is 8.90. The van der Waals surface area contributed by atoms with Crippen LogP contribution in [0.15, 0.2) is 48.2 Å². The van der Waals surface area contributed by atoms with Gasteiger partial charge in [0.2, 0.25) is 0 Å². The van der Waals surface area contributed by atoms with Gasteiger partial charge in [-0.1, -0.05) is 39.8 Å². The van der Waals surface area contributed by atoms with Crippen LogP contribution in [0.5, 0.6) is 0 Å². The van der Waals surface area contributed by atoms with E-state index in [1.165, 1.54) is 0 Å². The molecule has 0 heterocycles. The van der Waals surface area contributed by atoms with Crippen LogP contribution in [0.3, 0.4) is 0 Å². The quantitative estimate of drug-likeness (QED) is 0.416. The Kier molecular flexibility index (Phi) is 5.55. The maximum atomic E-state index is 12.7. The Morgan fingerprint density at radius 2 is 1.40 bits per heavy atom. The molecule has 3 heteroatoms. The highest BCUT2D eigenvalue weighted by atomic mass is 16.1. The Morgan fingerprint density at radius 1 is 0.920 bits per heavy atom. The van der Waals surface area contributed by atoms with Crippen molar-refractivity contribution in [1.82, 2.24) is 4.90 Å². The van der Waals surface area contributed by atoms with E-state index in [-0.39, 0.29) is 22.4 Å². The third-order valence-corrected chi connectivity index (χ3v) is 4.93. The summed E-state index contributed by atoms with van der Waals surface area (Å²) in [5.41, 5.74) is 2.30. The molecule has 3 nitrogen and oxygen atoms in total. The number of hydrogen-bond acceptors (Lipinski definition) is 3. The molecule has 0 aromatic rings. The first kappa shape index (κ1) is 19.4. The molecule has 2 rings (SSSR count). The highest BCUT2D eigenvalue weighted by molar-refractivity contribution is 6.23. The number of allylic oxidation sites excluding steroid dienone is 4. The van der Waals surface area contributed by atoms with E-state index in [0.29, 0.717) is 18.4 Å². The molecular formula is C22H31NO2. The van der Waals surface area contributed by atoms with Crippen LogP contribution in [-0.2, 0) is 9.59 Å². The van der Waals surface area contributed by atoms with Crippen LogP contribution in [0.25, 0.3) is 0 Å². The summed E-state index contributed by atoms with van der Waals surface area (Å²) in [5, 5.41) is 0. The summed E-state index contributed by atoms with van der Waals surface area (Å²) < 4.78 is 0. The Balaban J connectivity index is 2.49. The zero-order chi connectivity index (χ0) is 18.8. The number of carbonyl (C=O) groups is 2. The molecule has 0 amide bonds. The van der Waals surface area contributed by atoms with E-state index in [1.807, 2.05) is 26.0 Å². The molecule has 0 unspecified atom stereocenters. The minimum atomic E-state index is -0.229. The van der Waals surface area contributed by atoms with Crippen LogP contribution in [0, 0.1) is 10.8 Å². The van der Waals surface area contributed by atoms with E-state index < -0.39 is 0 Å². The Bertz CT molecular complexity index is 630. The van der Waals surface area contributed by atoms with Crippen molar-refractivity contribution in [2.24, 2.45) is 10.8 Å². The number of hydrogen-bond donors (Lipinski definition) is 0. The predicted molar refractivity (Wildman–Crippen MR) is 103 cm³/mol. The van der Waals surface area contributed by atoms with Gasteiger partial charge in [-0.3, -0.25) is 9.59 Å². The van der Waals surface area contributed by atoms with Crippen LogP contribution in [0.2, 0.25) is 0 Å². The van der Waals surface area contributed by atoms with Crippen LogP contribution in [0.1, 0.15) is 53.4 Å². The van der Waals surface area contributed by atoms with E-state index in [9.17, 15) is 9.59 Å². The normalized spacial score (nSPS) is 22.5. The molecule has 0 spiro atoms. The smallest absolute Gasteiger partial charge is 0.167 e. The van der Waals surface area contributed by atoms with Crippen LogP contribution >= 0.6 is 0 Å². The van der Waals surface area contributed by atoms with Crippen molar-refractivity contribution in [3.8, 4) is 0 Å². The summed E-state index contributed by atoms with van der Waals surface area (Å²) in [6, 6.07) is 0. The first-order chi connectivity index (χ1) is 11.6. The molecule has 0 saturated heterocycles. The molecule has 25 heavy (non-hydrogen) atoms. The van der Waals surface area contributed by atoms with Gasteiger partial charge in [0.1, 0.15) is 0 Å². The number of carbonyl (C=O) groups excluding carboxylic acids is 2. The summed E-state index contributed by atoms with van der Waals surface area (Å²) in [5.74, 6) is 0.00656. The summed E-state index contributed by atoms with van der Waals surface area (Å²) in [6.07, 6.45) is 8.39. The minimum Gasteiger partial charge on any atom is -0.367 e. The van der Waals surface area contributed by atoms with E-state index in [2.05, 4.69) is 38.0 Å². The van der Waals surface area contributed by atoms with Gasteiger partial charge < -0.3 is 4.90 Å². The lowest BCUT2D eigenvalue weighted by molar-refractivity contribution is -0.127. The Morgan fingerprint density at radius 3 is 1.88 bits per heavy atom. The third kappa shape index (κ3) is 4.59. The average Bonchev–Trinajstić information content (AvgIpc) is 2.43. The van der Waals surface area contributed by atoms with E-state index >= 15 is 0 Å². The molecule has 0 bridgehead atoms. The lowest BCUT2D eigenvalue weighted by atomic mass is 9.69. The van der Waals surface area contributed by atoms with Crippen molar-refractivity contribution in [1.29, 1.82) is 0 Å². The highest BCUT2D eigenvalue weighted by Gasteiger charge is 2.39. The summed E-state index contributed by atoms with van der Waals surface area (Å²) in [7, 11) is 0. The number of rotatable bonds is 5. The second kappa shape index (κ2) is 7.15. The molecule has 0 atom stereocenters.